The molecule has 0 aliphatic carbocycles. The van der Waals surface area contributed by atoms with E-state index in [0.29, 0.717) is 5.69 Å². The van der Waals surface area contributed by atoms with Crippen LogP contribution in [-0.4, -0.2) is 29.1 Å². The van der Waals surface area contributed by atoms with Gasteiger partial charge in [0.15, 0.2) is 5.69 Å². The molecule has 16 heavy (non-hydrogen) atoms. The van der Waals surface area contributed by atoms with E-state index in [1.54, 1.807) is 12.1 Å². The lowest BCUT2D eigenvalue weighted by Gasteiger charge is -2.14. The number of nitrogens with one attached hydrogen (secondary N) is 1. The number of carboxylic acid groups (broad SMARTS) is 1. The number of pyridine rings is 1. The maximum atomic E-state index is 10.9. The second kappa shape index (κ2) is 4.32. The van der Waals surface area contributed by atoms with Gasteiger partial charge in [-0.3, -0.25) is 0 Å². The van der Waals surface area contributed by atoms with Gasteiger partial charge in [0, 0.05) is 6.54 Å². The van der Waals surface area contributed by atoms with Gasteiger partial charge in [-0.1, -0.05) is 6.08 Å². The molecule has 0 bridgehead atoms. The van der Waals surface area contributed by atoms with Crippen molar-refractivity contribution in [3.8, 4) is 0 Å². The van der Waals surface area contributed by atoms with E-state index >= 15 is 0 Å². The van der Waals surface area contributed by atoms with Crippen molar-refractivity contribution in [1.82, 2.24) is 10.3 Å². The molecule has 2 heterocycles. The molecule has 0 saturated carbocycles. The van der Waals surface area contributed by atoms with Crippen LogP contribution in [0.1, 0.15) is 22.6 Å². The summed E-state index contributed by atoms with van der Waals surface area (Å²) in [4.78, 5) is 15.0. The maximum Gasteiger partial charge on any atom is 0.356 e. The topological polar surface area (TPSA) is 88.2 Å². The number of rotatable bonds is 2. The number of aromatic carboxylic acids is 1. The molecule has 5 nitrogen and oxygen atoms in total. The van der Waals surface area contributed by atoms with Crippen molar-refractivity contribution in [2.24, 2.45) is 0 Å². The van der Waals surface area contributed by atoms with Crippen molar-refractivity contribution in [2.45, 2.75) is 6.42 Å². The third kappa shape index (κ3) is 2.04. The van der Waals surface area contributed by atoms with E-state index in [4.69, 9.17) is 10.8 Å². The molecule has 1 aromatic rings. The Morgan fingerprint density at radius 3 is 2.94 bits per heavy atom. The van der Waals surface area contributed by atoms with Crippen molar-refractivity contribution >= 4 is 17.2 Å². The number of carbonyl (C=O) groups is 1. The molecule has 0 unspecified atom stereocenters. The van der Waals surface area contributed by atoms with Crippen LogP contribution in [-0.2, 0) is 0 Å². The van der Waals surface area contributed by atoms with Gasteiger partial charge in [0.2, 0.25) is 0 Å². The minimum absolute atomic E-state index is 0.0723. The number of carboxylic acids is 1. The first-order valence-electron chi connectivity index (χ1n) is 5.08. The van der Waals surface area contributed by atoms with Gasteiger partial charge >= 0.3 is 5.97 Å². The lowest BCUT2D eigenvalue weighted by atomic mass is 10.0. The van der Waals surface area contributed by atoms with E-state index in [9.17, 15) is 4.79 Å². The normalized spacial score (nSPS) is 15.6. The summed E-state index contributed by atoms with van der Waals surface area (Å²) in [6.45, 7) is 1.68. The van der Waals surface area contributed by atoms with Gasteiger partial charge in [-0.15, -0.1) is 0 Å². The summed E-state index contributed by atoms with van der Waals surface area (Å²) in [5.74, 6) is -1.09. The molecule has 84 valence electrons. The first-order chi connectivity index (χ1) is 7.68. The van der Waals surface area contributed by atoms with Crippen molar-refractivity contribution < 1.29 is 9.90 Å². The maximum absolute atomic E-state index is 10.9. The molecule has 2 rings (SSSR count). The molecule has 0 radical (unpaired) electrons. The Kier molecular flexibility index (Phi) is 2.87. The Morgan fingerprint density at radius 1 is 1.50 bits per heavy atom. The minimum Gasteiger partial charge on any atom is -0.476 e. The summed E-state index contributed by atoms with van der Waals surface area (Å²) in [5.41, 5.74) is 7.44. The molecule has 0 fully saturated rings. The minimum atomic E-state index is -1.09. The predicted molar refractivity (Wildman–Crippen MR) is 61.1 cm³/mol. The van der Waals surface area contributed by atoms with Crippen LogP contribution in [0, 0.1) is 0 Å². The van der Waals surface area contributed by atoms with E-state index in [0.717, 1.165) is 25.1 Å². The third-order valence-corrected chi connectivity index (χ3v) is 2.52. The third-order valence-electron chi connectivity index (χ3n) is 2.52. The fourth-order valence-corrected chi connectivity index (χ4v) is 1.68. The first-order valence-corrected chi connectivity index (χ1v) is 5.08. The van der Waals surface area contributed by atoms with Gasteiger partial charge in [0.1, 0.15) is 0 Å². The number of nitrogen functional groups attached to an aromatic ring is 1. The van der Waals surface area contributed by atoms with E-state index in [-0.39, 0.29) is 11.4 Å². The first kappa shape index (κ1) is 10.6. The van der Waals surface area contributed by atoms with Crippen LogP contribution >= 0.6 is 0 Å². The molecule has 0 atom stereocenters. The SMILES string of the molecule is Nc1ccc(C2=CCNCC2)nc1C(=O)O. The predicted octanol–water partition coefficient (Wildman–Crippen LogP) is 0.739. The second-order valence-corrected chi connectivity index (χ2v) is 3.62. The number of aromatic nitrogens is 1. The number of hydrogen-bond acceptors (Lipinski definition) is 4. The van der Waals surface area contributed by atoms with Gasteiger partial charge < -0.3 is 16.2 Å². The Labute approximate surface area is 93.0 Å². The van der Waals surface area contributed by atoms with Crippen molar-refractivity contribution in [3.63, 3.8) is 0 Å². The summed E-state index contributed by atoms with van der Waals surface area (Å²) < 4.78 is 0. The Bertz CT molecular complexity index is 455. The zero-order chi connectivity index (χ0) is 11.5. The molecule has 0 saturated heterocycles. The number of anilines is 1. The van der Waals surface area contributed by atoms with Crippen molar-refractivity contribution in [2.75, 3.05) is 18.8 Å². The highest BCUT2D eigenvalue weighted by Gasteiger charge is 2.13. The summed E-state index contributed by atoms with van der Waals surface area (Å²) >= 11 is 0. The van der Waals surface area contributed by atoms with Gasteiger partial charge in [-0.25, -0.2) is 9.78 Å². The van der Waals surface area contributed by atoms with Gasteiger partial charge in [-0.2, -0.15) is 0 Å². The van der Waals surface area contributed by atoms with E-state index in [2.05, 4.69) is 10.3 Å². The van der Waals surface area contributed by atoms with Crippen LogP contribution in [0.4, 0.5) is 5.69 Å². The molecule has 1 aliphatic heterocycles. The Hall–Kier alpha value is -1.88. The molecule has 0 amide bonds. The molecule has 4 N–H and O–H groups in total. The molecule has 0 spiro atoms. The largest absolute Gasteiger partial charge is 0.476 e. The van der Waals surface area contributed by atoms with Gasteiger partial charge in [-0.05, 0) is 30.7 Å². The van der Waals surface area contributed by atoms with E-state index in [1.807, 2.05) is 6.08 Å². The zero-order valence-corrected chi connectivity index (χ0v) is 8.73. The average molecular weight is 219 g/mol. The fraction of sp³-hybridized carbons (Fsp3) is 0.273. The molecular formula is C11H13N3O2. The van der Waals surface area contributed by atoms with Crippen LogP contribution in [0.25, 0.3) is 5.57 Å². The molecule has 5 heteroatoms. The van der Waals surface area contributed by atoms with Crippen molar-refractivity contribution in [1.29, 1.82) is 0 Å². The zero-order valence-electron chi connectivity index (χ0n) is 8.73. The number of nitrogens with zero attached hydrogens (tertiary/aromatic N) is 1. The van der Waals surface area contributed by atoms with Crippen LogP contribution < -0.4 is 11.1 Å². The van der Waals surface area contributed by atoms with Crippen LogP contribution in [0.15, 0.2) is 18.2 Å². The smallest absolute Gasteiger partial charge is 0.356 e. The lowest BCUT2D eigenvalue weighted by molar-refractivity contribution is 0.0691. The van der Waals surface area contributed by atoms with Gasteiger partial charge in [0.25, 0.3) is 0 Å². The molecule has 1 aliphatic rings. The summed E-state index contributed by atoms with van der Waals surface area (Å²) in [5, 5.41) is 12.1. The van der Waals surface area contributed by atoms with E-state index in [1.165, 1.54) is 0 Å². The van der Waals surface area contributed by atoms with E-state index < -0.39 is 5.97 Å². The van der Waals surface area contributed by atoms with Gasteiger partial charge in [0.05, 0.1) is 11.4 Å². The average Bonchev–Trinajstić information content (AvgIpc) is 2.30. The summed E-state index contributed by atoms with van der Waals surface area (Å²) in [6.07, 6.45) is 2.88. The number of hydrogen-bond donors (Lipinski definition) is 3. The lowest BCUT2D eigenvalue weighted by Crippen LogP contribution is -2.20. The van der Waals surface area contributed by atoms with Crippen LogP contribution in [0.3, 0.4) is 0 Å². The van der Waals surface area contributed by atoms with Crippen LogP contribution in [0.5, 0.6) is 0 Å². The quantitative estimate of drug-likeness (QED) is 0.682. The highest BCUT2D eigenvalue weighted by Crippen LogP contribution is 2.20. The molecule has 0 aromatic carbocycles. The monoisotopic (exact) mass is 219 g/mol. The molecular weight excluding hydrogens is 206 g/mol. The highest BCUT2D eigenvalue weighted by molar-refractivity contribution is 5.91. The summed E-state index contributed by atoms with van der Waals surface area (Å²) in [6, 6.07) is 3.35. The second-order valence-electron chi connectivity index (χ2n) is 3.62. The summed E-state index contributed by atoms with van der Waals surface area (Å²) in [7, 11) is 0. The highest BCUT2D eigenvalue weighted by atomic mass is 16.4. The fourth-order valence-electron chi connectivity index (χ4n) is 1.68. The molecule has 1 aromatic heterocycles. The Balaban J connectivity index is 2.39. The number of nitrogens with two attached hydrogens (primary N) is 1. The van der Waals surface area contributed by atoms with Crippen molar-refractivity contribution in [3.05, 3.63) is 29.6 Å². The standard InChI is InChI=1S/C11H13N3O2/c12-8-1-2-9(14-10(8)11(15)16)7-3-5-13-6-4-7/h1-3,13H,4-6,12H2,(H,15,16). The Morgan fingerprint density at radius 2 is 2.31 bits per heavy atom. The van der Waals surface area contributed by atoms with Crippen LogP contribution in [0.2, 0.25) is 0 Å².